The van der Waals surface area contributed by atoms with Crippen molar-refractivity contribution in [2.45, 2.75) is 85.1 Å². The summed E-state index contributed by atoms with van der Waals surface area (Å²) in [6.07, 6.45) is 11.9. The fourth-order valence-electron chi connectivity index (χ4n) is 4.94. The number of ether oxygens (including phenoxy) is 1. The molecular formula is C29H38N4O4. The lowest BCUT2D eigenvalue weighted by atomic mass is 9.89. The van der Waals surface area contributed by atoms with E-state index in [0.29, 0.717) is 18.8 Å². The van der Waals surface area contributed by atoms with Crippen LogP contribution in [0.4, 0.5) is 4.79 Å². The number of nitrogens with one attached hydrogen (secondary N) is 1. The fraction of sp³-hybridized carbons (Fsp3) is 0.517. The summed E-state index contributed by atoms with van der Waals surface area (Å²) in [4.78, 5) is 43.7. The summed E-state index contributed by atoms with van der Waals surface area (Å²) < 4.78 is 7.77. The quantitative estimate of drug-likeness (QED) is 0.189. The van der Waals surface area contributed by atoms with Crippen LogP contribution in [0.1, 0.15) is 89.2 Å². The monoisotopic (exact) mass is 506 g/mol. The average Bonchev–Trinajstić information content (AvgIpc) is 3.57. The second kappa shape index (κ2) is 11.8. The first-order valence-corrected chi connectivity index (χ1v) is 13.5. The van der Waals surface area contributed by atoms with E-state index in [0.717, 1.165) is 74.9 Å². The average molecular weight is 507 g/mol. The van der Waals surface area contributed by atoms with Crippen LogP contribution in [0.15, 0.2) is 36.2 Å². The Morgan fingerprint density at radius 2 is 1.81 bits per heavy atom. The van der Waals surface area contributed by atoms with Gasteiger partial charge < -0.3 is 14.6 Å². The number of carbonyl (C=O) groups is 3. The molecule has 1 aliphatic carbocycles. The van der Waals surface area contributed by atoms with Gasteiger partial charge in [0.2, 0.25) is 0 Å². The van der Waals surface area contributed by atoms with Crippen LogP contribution in [-0.2, 0) is 22.6 Å². The van der Waals surface area contributed by atoms with Crippen LogP contribution in [0.2, 0.25) is 0 Å². The fourth-order valence-corrected chi connectivity index (χ4v) is 4.94. The Labute approximate surface area is 219 Å². The zero-order valence-corrected chi connectivity index (χ0v) is 22.2. The molecule has 37 heavy (non-hydrogen) atoms. The smallest absolute Gasteiger partial charge is 0.329 e. The molecule has 1 N–H and O–H groups in total. The Morgan fingerprint density at radius 3 is 2.49 bits per heavy atom. The minimum absolute atomic E-state index is 0.153. The number of unbranched alkanes of at least 4 members (excludes halogenated alkanes) is 2. The molecule has 0 radical (unpaired) electrons. The minimum Gasteiger partial charge on any atom is -0.426 e. The molecular weight excluding hydrogens is 468 g/mol. The van der Waals surface area contributed by atoms with E-state index >= 15 is 0 Å². The summed E-state index contributed by atoms with van der Waals surface area (Å²) in [5.74, 6) is 1.02. The van der Waals surface area contributed by atoms with Gasteiger partial charge in [0.05, 0.1) is 17.3 Å². The van der Waals surface area contributed by atoms with E-state index < -0.39 is 0 Å². The topological polar surface area (TPSA) is 93.5 Å². The molecule has 198 valence electrons. The van der Waals surface area contributed by atoms with E-state index in [2.05, 4.69) is 21.8 Å². The number of nitrogens with zero attached hydrogens (tertiary/aromatic N) is 3. The maximum Gasteiger partial charge on any atom is 0.329 e. The summed E-state index contributed by atoms with van der Waals surface area (Å²) in [7, 11) is 0. The van der Waals surface area contributed by atoms with E-state index in [1.807, 2.05) is 38.1 Å². The third kappa shape index (κ3) is 6.12. The lowest BCUT2D eigenvalue weighted by molar-refractivity contribution is -0.144. The van der Waals surface area contributed by atoms with Gasteiger partial charge in [-0.25, -0.2) is 9.78 Å². The molecule has 0 spiro atoms. The van der Waals surface area contributed by atoms with E-state index in [1.165, 1.54) is 4.90 Å². The van der Waals surface area contributed by atoms with Crippen molar-refractivity contribution in [2.24, 2.45) is 5.41 Å². The highest BCUT2D eigenvalue weighted by Gasteiger charge is 2.38. The molecule has 1 saturated carbocycles. The SMILES string of the molecule is CCCCc1ncc(/C=C2\NC(=O)N(CCCC)C2=O)n1Cc1ccc(OC(=O)C2(C)CCCC2)cc1. The first-order chi connectivity index (χ1) is 17.8. The number of hydrogen-bond acceptors (Lipinski definition) is 5. The van der Waals surface area contributed by atoms with Gasteiger partial charge in [-0.2, -0.15) is 0 Å². The van der Waals surface area contributed by atoms with Crippen LogP contribution in [0.5, 0.6) is 5.75 Å². The van der Waals surface area contributed by atoms with Crippen LogP contribution < -0.4 is 10.1 Å². The second-order valence-electron chi connectivity index (χ2n) is 10.4. The van der Waals surface area contributed by atoms with Crippen LogP contribution in [0.3, 0.4) is 0 Å². The molecule has 4 rings (SSSR count). The van der Waals surface area contributed by atoms with Crippen LogP contribution in [0.25, 0.3) is 6.08 Å². The van der Waals surface area contributed by atoms with E-state index in [4.69, 9.17) is 4.74 Å². The van der Waals surface area contributed by atoms with E-state index in [9.17, 15) is 14.4 Å². The van der Waals surface area contributed by atoms with Gasteiger partial charge in [0.25, 0.3) is 5.91 Å². The van der Waals surface area contributed by atoms with Crippen molar-refractivity contribution in [1.82, 2.24) is 19.8 Å². The summed E-state index contributed by atoms with van der Waals surface area (Å²) in [5.41, 5.74) is 1.67. The molecule has 3 amide bonds. The predicted octanol–water partition coefficient (Wildman–Crippen LogP) is 5.45. The molecule has 8 heteroatoms. The number of imide groups is 1. The number of benzene rings is 1. The largest absolute Gasteiger partial charge is 0.426 e. The van der Waals surface area contributed by atoms with Gasteiger partial charge in [-0.05, 0) is 56.4 Å². The number of urea groups is 1. The molecule has 1 aromatic heterocycles. The predicted molar refractivity (Wildman–Crippen MR) is 142 cm³/mol. The van der Waals surface area contributed by atoms with E-state index in [-0.39, 0.29) is 29.0 Å². The Hall–Kier alpha value is -3.42. The van der Waals surface area contributed by atoms with Gasteiger partial charge in [0.15, 0.2) is 0 Å². The highest BCUT2D eigenvalue weighted by molar-refractivity contribution is 6.13. The third-order valence-corrected chi connectivity index (χ3v) is 7.39. The molecule has 2 aliphatic rings. The highest BCUT2D eigenvalue weighted by atomic mass is 16.5. The van der Waals surface area contributed by atoms with Gasteiger partial charge in [-0.3, -0.25) is 14.5 Å². The number of rotatable bonds is 11. The summed E-state index contributed by atoms with van der Waals surface area (Å²) in [5, 5.41) is 2.72. The number of aromatic nitrogens is 2. The molecule has 0 bridgehead atoms. The van der Waals surface area contributed by atoms with Crippen molar-refractivity contribution < 1.29 is 19.1 Å². The third-order valence-electron chi connectivity index (χ3n) is 7.39. The number of aryl methyl sites for hydroxylation is 1. The van der Waals surface area contributed by atoms with Crippen LogP contribution in [0, 0.1) is 5.41 Å². The molecule has 1 aromatic carbocycles. The zero-order valence-electron chi connectivity index (χ0n) is 22.2. The lowest BCUT2D eigenvalue weighted by Gasteiger charge is -2.20. The molecule has 8 nitrogen and oxygen atoms in total. The van der Waals surface area contributed by atoms with E-state index in [1.54, 1.807) is 12.3 Å². The number of esters is 1. The normalized spacial score (nSPS) is 18.0. The second-order valence-corrected chi connectivity index (χ2v) is 10.4. The van der Waals surface area contributed by atoms with Crippen molar-refractivity contribution in [3.05, 3.63) is 53.2 Å². The standard InChI is InChI=1S/C29H38N4O4/c1-4-6-10-25-30-19-22(18-24-26(34)32(17-7-5-2)28(36)31-24)33(25)20-21-11-13-23(14-12-21)37-27(35)29(3)15-8-9-16-29/h11-14,18-19H,4-10,15-17,20H2,1-3H3,(H,31,36)/b24-18-. The number of amides is 3. The van der Waals surface area contributed by atoms with Gasteiger partial charge in [0, 0.05) is 19.5 Å². The van der Waals surface area contributed by atoms with Crippen molar-refractivity contribution >= 4 is 24.0 Å². The Balaban J connectivity index is 1.52. The van der Waals surface area contributed by atoms with Crippen molar-refractivity contribution in [1.29, 1.82) is 0 Å². The Morgan fingerprint density at radius 1 is 1.11 bits per heavy atom. The molecule has 1 aliphatic heterocycles. The maximum absolute atomic E-state index is 12.8. The first-order valence-electron chi connectivity index (χ1n) is 13.5. The zero-order chi connectivity index (χ0) is 26.4. The van der Waals surface area contributed by atoms with Gasteiger partial charge >= 0.3 is 12.0 Å². The Bertz CT molecular complexity index is 1160. The molecule has 0 unspecified atom stereocenters. The van der Waals surface area contributed by atoms with Crippen LogP contribution in [-0.4, -0.2) is 38.9 Å². The number of carbonyl (C=O) groups excluding carboxylic acids is 3. The number of hydrogen-bond donors (Lipinski definition) is 1. The van der Waals surface area contributed by atoms with Crippen LogP contribution >= 0.6 is 0 Å². The summed E-state index contributed by atoms with van der Waals surface area (Å²) in [6.45, 7) is 7.11. The molecule has 2 fully saturated rings. The van der Waals surface area contributed by atoms with Crippen molar-refractivity contribution in [3.63, 3.8) is 0 Å². The molecule has 0 atom stereocenters. The molecule has 1 saturated heterocycles. The van der Waals surface area contributed by atoms with Gasteiger partial charge in [0.1, 0.15) is 17.3 Å². The highest BCUT2D eigenvalue weighted by Crippen LogP contribution is 2.38. The summed E-state index contributed by atoms with van der Waals surface area (Å²) >= 11 is 0. The maximum atomic E-state index is 12.8. The number of imidazole rings is 1. The van der Waals surface area contributed by atoms with Crippen molar-refractivity contribution in [2.75, 3.05) is 6.54 Å². The lowest BCUT2D eigenvalue weighted by Crippen LogP contribution is -2.31. The molecule has 2 aromatic rings. The van der Waals surface area contributed by atoms with Gasteiger partial charge in [-0.15, -0.1) is 0 Å². The minimum atomic E-state index is -0.384. The first kappa shape index (κ1) is 26.6. The molecule has 2 heterocycles. The van der Waals surface area contributed by atoms with Crippen molar-refractivity contribution in [3.8, 4) is 5.75 Å². The summed E-state index contributed by atoms with van der Waals surface area (Å²) in [6, 6.07) is 7.19. The van der Waals surface area contributed by atoms with Gasteiger partial charge in [-0.1, -0.05) is 51.7 Å². The Kier molecular flexibility index (Phi) is 8.46.